The fraction of sp³-hybridized carbons (Fsp3) is 0.545. The summed E-state index contributed by atoms with van der Waals surface area (Å²) < 4.78 is 27.0. The van der Waals surface area contributed by atoms with E-state index in [1.165, 1.54) is 7.11 Å². The Bertz CT molecular complexity index is 1240. The molecule has 176 valence electrons. The van der Waals surface area contributed by atoms with Gasteiger partial charge in [0.25, 0.3) is 0 Å². The number of ether oxygens (including phenoxy) is 1. The number of carboxylic acid groups (broad SMARTS) is 1. The SMILES string of the molecule is COc1c(N2CC3CCCN(C)C3C2)c(F)c(N=S)c2c(=O)c(C(=O)O)c(N)n(C3CC3)c12. The highest BCUT2D eigenvalue weighted by atomic mass is 32.1. The van der Waals surface area contributed by atoms with Crippen LogP contribution in [-0.4, -0.2) is 60.4 Å². The number of aromatic carboxylic acids is 1. The number of methoxy groups -OCH3 is 1. The minimum atomic E-state index is -1.47. The minimum Gasteiger partial charge on any atom is -0.492 e. The van der Waals surface area contributed by atoms with E-state index < -0.39 is 22.8 Å². The minimum absolute atomic E-state index is 0.108. The molecule has 1 saturated carbocycles. The largest absolute Gasteiger partial charge is 0.492 e. The Morgan fingerprint density at radius 2 is 2.03 bits per heavy atom. The van der Waals surface area contributed by atoms with Crippen molar-refractivity contribution >= 4 is 46.5 Å². The second-order valence-corrected chi connectivity index (χ2v) is 9.39. The van der Waals surface area contributed by atoms with Crippen molar-refractivity contribution in [2.45, 2.75) is 37.8 Å². The van der Waals surface area contributed by atoms with Crippen LogP contribution in [0.3, 0.4) is 0 Å². The predicted octanol–water partition coefficient (Wildman–Crippen LogP) is 2.66. The van der Waals surface area contributed by atoms with Gasteiger partial charge < -0.3 is 29.9 Å². The number of likely N-dealkylation sites (tertiary alicyclic amines) is 1. The topological polar surface area (TPSA) is 113 Å². The molecule has 3 fully saturated rings. The number of nitrogen functional groups attached to an aromatic ring is 1. The van der Waals surface area contributed by atoms with Gasteiger partial charge in [0.15, 0.2) is 11.6 Å². The first-order valence-electron chi connectivity index (χ1n) is 11.1. The second kappa shape index (κ2) is 7.91. The Balaban J connectivity index is 1.84. The lowest BCUT2D eigenvalue weighted by Gasteiger charge is -2.33. The van der Waals surface area contributed by atoms with Crippen LogP contribution in [0.2, 0.25) is 0 Å². The van der Waals surface area contributed by atoms with Crippen LogP contribution < -0.4 is 20.8 Å². The average molecular weight is 476 g/mol. The molecule has 2 atom stereocenters. The van der Waals surface area contributed by atoms with Gasteiger partial charge >= 0.3 is 5.97 Å². The molecule has 2 aliphatic heterocycles. The van der Waals surface area contributed by atoms with Gasteiger partial charge in [0.05, 0.1) is 12.5 Å². The van der Waals surface area contributed by atoms with Crippen LogP contribution in [0, 0.1) is 11.7 Å². The molecule has 0 bridgehead atoms. The highest BCUT2D eigenvalue weighted by Crippen LogP contribution is 2.50. The smallest absolute Gasteiger partial charge is 0.343 e. The number of hydrogen-bond acceptors (Lipinski definition) is 8. The van der Waals surface area contributed by atoms with E-state index in [2.05, 4.69) is 16.3 Å². The first-order chi connectivity index (χ1) is 15.8. The van der Waals surface area contributed by atoms with Gasteiger partial charge in [-0.1, -0.05) is 0 Å². The van der Waals surface area contributed by atoms with Crippen LogP contribution in [0.4, 0.5) is 21.6 Å². The first-order valence-corrected chi connectivity index (χ1v) is 11.5. The van der Waals surface area contributed by atoms with Gasteiger partial charge in [-0.3, -0.25) is 4.79 Å². The summed E-state index contributed by atoms with van der Waals surface area (Å²) in [6.45, 7) is 2.24. The summed E-state index contributed by atoms with van der Waals surface area (Å²) in [7, 11) is 3.50. The van der Waals surface area contributed by atoms with Crippen LogP contribution in [0.15, 0.2) is 9.16 Å². The maximum Gasteiger partial charge on any atom is 0.343 e. The molecule has 1 aliphatic carbocycles. The quantitative estimate of drug-likeness (QED) is 0.679. The monoisotopic (exact) mass is 475 g/mol. The summed E-state index contributed by atoms with van der Waals surface area (Å²) in [5.74, 6) is -1.85. The first kappa shape index (κ1) is 22.0. The van der Waals surface area contributed by atoms with E-state index in [9.17, 15) is 14.7 Å². The summed E-state index contributed by atoms with van der Waals surface area (Å²) in [6, 6.07) is 0.177. The summed E-state index contributed by atoms with van der Waals surface area (Å²) in [5.41, 5.74) is 4.84. The number of pyridine rings is 1. The molecule has 0 amide bonds. The molecule has 9 nitrogen and oxygen atoms in total. The van der Waals surface area contributed by atoms with Gasteiger partial charge in [-0.05, 0) is 45.2 Å². The number of rotatable bonds is 5. The highest BCUT2D eigenvalue weighted by molar-refractivity contribution is 7.47. The third-order valence-electron chi connectivity index (χ3n) is 7.33. The number of anilines is 2. The van der Waals surface area contributed by atoms with E-state index in [1.54, 1.807) is 4.57 Å². The number of piperidine rings is 1. The molecule has 2 saturated heterocycles. The molecule has 3 aliphatic rings. The van der Waals surface area contributed by atoms with Crippen molar-refractivity contribution in [1.29, 1.82) is 0 Å². The predicted molar refractivity (Wildman–Crippen MR) is 125 cm³/mol. The zero-order valence-corrected chi connectivity index (χ0v) is 19.3. The van der Waals surface area contributed by atoms with Crippen molar-refractivity contribution in [3.8, 4) is 5.75 Å². The van der Waals surface area contributed by atoms with Crippen LogP contribution >= 0.6 is 0 Å². The zero-order valence-electron chi connectivity index (χ0n) is 18.5. The fourth-order valence-corrected chi connectivity index (χ4v) is 5.83. The molecule has 2 unspecified atom stereocenters. The van der Waals surface area contributed by atoms with Crippen LogP contribution in [0.5, 0.6) is 5.75 Å². The third kappa shape index (κ3) is 3.20. The number of hydrogen-bond donors (Lipinski definition) is 2. The lowest BCUT2D eigenvalue weighted by Crippen LogP contribution is -2.42. The van der Waals surface area contributed by atoms with Crippen LogP contribution in [0.1, 0.15) is 42.1 Å². The van der Waals surface area contributed by atoms with Crippen molar-refractivity contribution < 1.29 is 19.0 Å². The zero-order chi connectivity index (χ0) is 23.6. The normalized spacial score (nSPS) is 23.1. The van der Waals surface area contributed by atoms with Crippen molar-refractivity contribution in [1.82, 2.24) is 9.47 Å². The number of nitrogens with zero attached hydrogens (tertiary/aromatic N) is 4. The lowest BCUT2D eigenvalue weighted by atomic mass is 9.93. The Morgan fingerprint density at radius 1 is 1.30 bits per heavy atom. The molecule has 1 aromatic heterocycles. The van der Waals surface area contributed by atoms with Gasteiger partial charge in [-0.25, -0.2) is 9.18 Å². The van der Waals surface area contributed by atoms with Crippen LogP contribution in [0.25, 0.3) is 10.9 Å². The molecular weight excluding hydrogens is 449 g/mol. The van der Waals surface area contributed by atoms with Gasteiger partial charge in [0.1, 0.15) is 28.3 Å². The summed E-state index contributed by atoms with van der Waals surface area (Å²) in [6.07, 6.45) is 3.67. The van der Waals surface area contributed by atoms with E-state index >= 15 is 4.39 Å². The number of halogens is 1. The number of benzene rings is 1. The molecule has 2 aromatic rings. The van der Waals surface area contributed by atoms with Crippen molar-refractivity contribution in [3.05, 3.63) is 21.6 Å². The molecule has 1 aromatic carbocycles. The highest BCUT2D eigenvalue weighted by Gasteiger charge is 2.42. The van der Waals surface area contributed by atoms with Crippen LogP contribution in [-0.2, 0) is 12.4 Å². The summed E-state index contributed by atoms with van der Waals surface area (Å²) in [4.78, 5) is 29.4. The molecule has 0 radical (unpaired) electrons. The maximum atomic E-state index is 16.0. The molecule has 3 heterocycles. The molecule has 3 N–H and O–H groups in total. The van der Waals surface area contributed by atoms with E-state index in [0.29, 0.717) is 19.0 Å². The summed E-state index contributed by atoms with van der Waals surface area (Å²) >= 11 is 4.88. The van der Waals surface area contributed by atoms with E-state index in [0.717, 1.165) is 32.2 Å². The maximum absolute atomic E-state index is 16.0. The number of nitrogens with two attached hydrogens (primary N) is 1. The number of carbonyl (C=O) groups is 1. The molecular formula is C22H26FN5O4S. The Hall–Kier alpha value is -2.79. The Kier molecular flexibility index (Phi) is 5.28. The third-order valence-corrected chi connectivity index (χ3v) is 7.51. The van der Waals surface area contributed by atoms with E-state index in [1.807, 2.05) is 4.90 Å². The molecule has 33 heavy (non-hydrogen) atoms. The van der Waals surface area contributed by atoms with E-state index in [4.69, 9.17) is 22.9 Å². The van der Waals surface area contributed by atoms with Gasteiger partial charge in [-0.2, -0.15) is 4.36 Å². The lowest BCUT2D eigenvalue weighted by molar-refractivity contribution is 0.0696. The second-order valence-electron chi connectivity index (χ2n) is 9.21. The standard InChI is InChI=1S/C22H26FN5O4S/c1-26-7-3-4-10-8-27(9-12(10)26)18-15(23)16(25-33)13-17(20(18)32-2)28(11-5-6-11)21(24)14(19(13)29)22(30)31/h10-12H,3-9,24H2,1-2H3,(H,30,31). The molecule has 0 spiro atoms. The van der Waals surface area contributed by atoms with Gasteiger partial charge in [0.2, 0.25) is 5.43 Å². The molecule has 11 heteroatoms. The fourth-order valence-electron chi connectivity index (χ4n) is 5.66. The van der Waals surface area contributed by atoms with Crippen molar-refractivity contribution in [2.24, 2.45) is 10.3 Å². The Morgan fingerprint density at radius 3 is 2.61 bits per heavy atom. The number of likely N-dealkylation sites (N-methyl/N-ethyl adjacent to an activating group) is 1. The van der Waals surface area contributed by atoms with E-state index in [-0.39, 0.29) is 45.9 Å². The molecule has 5 rings (SSSR count). The summed E-state index contributed by atoms with van der Waals surface area (Å²) in [5, 5.41) is 9.48. The van der Waals surface area contributed by atoms with Gasteiger partial charge in [0, 0.05) is 37.6 Å². The Labute approximate surface area is 195 Å². The number of aromatic nitrogens is 1. The average Bonchev–Trinajstić information content (AvgIpc) is 3.51. The van der Waals surface area contributed by atoms with Crippen molar-refractivity contribution in [3.63, 3.8) is 0 Å². The van der Waals surface area contributed by atoms with Crippen molar-refractivity contribution in [2.75, 3.05) is 44.4 Å². The number of fused-ring (bicyclic) bond motifs is 2. The van der Waals surface area contributed by atoms with Gasteiger partial charge in [-0.15, -0.1) is 0 Å². The number of carboxylic acids is 1.